The van der Waals surface area contributed by atoms with Gasteiger partial charge < -0.3 is 9.64 Å². The molecule has 1 amide bonds. The summed E-state index contributed by atoms with van der Waals surface area (Å²) in [6.07, 6.45) is -0.214. The van der Waals surface area contributed by atoms with Crippen LogP contribution in [-0.4, -0.2) is 35.5 Å². The Morgan fingerprint density at radius 3 is 2.70 bits per heavy atom. The first-order chi connectivity index (χ1) is 4.61. The number of cyclic esters (lactones) is 1. The van der Waals surface area contributed by atoms with Crippen molar-refractivity contribution in [3.05, 3.63) is 0 Å². The van der Waals surface area contributed by atoms with E-state index < -0.39 is 0 Å². The van der Waals surface area contributed by atoms with Gasteiger partial charge in [0.15, 0.2) is 0 Å². The molecule has 0 N–H and O–H groups in total. The van der Waals surface area contributed by atoms with Crippen LogP contribution < -0.4 is 0 Å². The van der Waals surface area contributed by atoms with E-state index >= 15 is 0 Å². The minimum atomic E-state index is -0.226. The van der Waals surface area contributed by atoms with E-state index in [0.29, 0.717) is 6.54 Å². The van der Waals surface area contributed by atoms with E-state index in [1.165, 1.54) is 0 Å². The Balaban J connectivity index is 2.49. The Labute approximate surface area is 68.5 Å². The molecular formula is C6H10BrNO2. The Morgan fingerprint density at radius 2 is 2.50 bits per heavy atom. The maximum absolute atomic E-state index is 10.8. The van der Waals surface area contributed by atoms with E-state index in [4.69, 9.17) is 4.74 Å². The van der Waals surface area contributed by atoms with Crippen LogP contribution in [0.15, 0.2) is 0 Å². The summed E-state index contributed by atoms with van der Waals surface area (Å²) in [6, 6.07) is 0. The summed E-state index contributed by atoms with van der Waals surface area (Å²) in [7, 11) is 1.73. The molecule has 0 saturated carbocycles. The molecule has 1 heterocycles. The molecule has 1 aliphatic rings. The van der Waals surface area contributed by atoms with Gasteiger partial charge in [0.05, 0.1) is 11.4 Å². The molecule has 3 nitrogen and oxygen atoms in total. The number of hydrogen-bond acceptors (Lipinski definition) is 2. The second-order valence-corrected chi connectivity index (χ2v) is 3.92. The summed E-state index contributed by atoms with van der Waals surface area (Å²) in [5.41, 5.74) is 0. The van der Waals surface area contributed by atoms with Crippen LogP contribution in [0.1, 0.15) is 6.92 Å². The van der Waals surface area contributed by atoms with Crippen molar-refractivity contribution >= 4 is 22.0 Å². The topological polar surface area (TPSA) is 29.5 Å². The zero-order valence-electron chi connectivity index (χ0n) is 6.00. The van der Waals surface area contributed by atoms with Crippen molar-refractivity contribution in [2.24, 2.45) is 0 Å². The molecule has 0 aromatic carbocycles. The van der Waals surface area contributed by atoms with Gasteiger partial charge in [0.2, 0.25) is 0 Å². The van der Waals surface area contributed by atoms with Crippen molar-refractivity contribution in [1.29, 1.82) is 0 Å². The van der Waals surface area contributed by atoms with Crippen LogP contribution in [0.2, 0.25) is 0 Å². The van der Waals surface area contributed by atoms with Crippen LogP contribution in [-0.2, 0) is 4.74 Å². The highest BCUT2D eigenvalue weighted by molar-refractivity contribution is 9.09. The number of alkyl halides is 1. The predicted molar refractivity (Wildman–Crippen MR) is 41.3 cm³/mol. The lowest BCUT2D eigenvalue weighted by Gasteiger charge is -2.08. The van der Waals surface area contributed by atoms with Crippen LogP contribution in [0.25, 0.3) is 0 Å². The number of carbonyl (C=O) groups excluding carboxylic acids is 1. The minimum absolute atomic E-state index is 0.0116. The maximum atomic E-state index is 10.8. The number of nitrogens with zero attached hydrogens (tertiary/aromatic N) is 1. The van der Waals surface area contributed by atoms with Crippen molar-refractivity contribution in [2.75, 3.05) is 13.6 Å². The van der Waals surface area contributed by atoms with Crippen LogP contribution in [0.4, 0.5) is 4.79 Å². The van der Waals surface area contributed by atoms with Gasteiger partial charge in [-0.3, -0.25) is 0 Å². The molecule has 0 unspecified atom stereocenters. The highest BCUT2D eigenvalue weighted by atomic mass is 79.9. The summed E-state index contributed by atoms with van der Waals surface area (Å²) in [6.45, 7) is 2.66. The SMILES string of the molecule is C[C@@H](Br)[C@@H]1CN(C)C(=O)O1. The molecule has 0 aliphatic carbocycles. The first kappa shape index (κ1) is 7.85. The monoisotopic (exact) mass is 207 g/mol. The summed E-state index contributed by atoms with van der Waals surface area (Å²) < 4.78 is 4.98. The first-order valence-electron chi connectivity index (χ1n) is 3.17. The molecule has 1 fully saturated rings. The van der Waals surface area contributed by atoms with Crippen molar-refractivity contribution < 1.29 is 9.53 Å². The van der Waals surface area contributed by atoms with Crippen molar-refractivity contribution in [2.45, 2.75) is 17.9 Å². The lowest BCUT2D eigenvalue weighted by molar-refractivity contribution is 0.135. The fourth-order valence-electron chi connectivity index (χ4n) is 0.840. The Hall–Kier alpha value is -0.250. The van der Waals surface area contributed by atoms with Crippen molar-refractivity contribution in [3.63, 3.8) is 0 Å². The van der Waals surface area contributed by atoms with E-state index in [2.05, 4.69) is 15.9 Å². The summed E-state index contributed by atoms with van der Waals surface area (Å²) in [4.78, 5) is 12.6. The quantitative estimate of drug-likeness (QED) is 0.606. The number of amides is 1. The standard InChI is InChI=1S/C6H10BrNO2/c1-4(7)5-3-8(2)6(9)10-5/h4-5H,3H2,1-2H3/t4-,5+/m1/s1. The summed E-state index contributed by atoms with van der Waals surface area (Å²) in [5.74, 6) is 0. The molecule has 2 atom stereocenters. The maximum Gasteiger partial charge on any atom is 0.410 e. The van der Waals surface area contributed by atoms with Crippen molar-refractivity contribution in [1.82, 2.24) is 4.90 Å². The minimum Gasteiger partial charge on any atom is -0.443 e. The molecule has 58 valence electrons. The van der Waals surface area contributed by atoms with Gasteiger partial charge in [0.1, 0.15) is 6.10 Å². The molecule has 4 heteroatoms. The Morgan fingerprint density at radius 1 is 1.90 bits per heavy atom. The van der Waals surface area contributed by atoms with Crippen LogP contribution in [0, 0.1) is 0 Å². The number of halogens is 1. The lowest BCUT2D eigenvalue weighted by atomic mass is 10.3. The first-order valence-corrected chi connectivity index (χ1v) is 4.08. The third-order valence-corrected chi connectivity index (χ3v) is 2.12. The van der Waals surface area contributed by atoms with E-state index in [-0.39, 0.29) is 17.0 Å². The summed E-state index contributed by atoms with van der Waals surface area (Å²) in [5, 5.41) is 0. The Bertz CT molecular complexity index is 149. The second kappa shape index (κ2) is 2.78. The van der Waals surface area contributed by atoms with Gasteiger partial charge in [-0.25, -0.2) is 4.79 Å². The molecule has 1 saturated heterocycles. The highest BCUT2D eigenvalue weighted by Crippen LogP contribution is 2.16. The largest absolute Gasteiger partial charge is 0.443 e. The fraction of sp³-hybridized carbons (Fsp3) is 0.833. The average Bonchev–Trinajstić information content (AvgIpc) is 2.13. The molecule has 0 bridgehead atoms. The van der Waals surface area contributed by atoms with Crippen molar-refractivity contribution in [3.8, 4) is 0 Å². The smallest absolute Gasteiger partial charge is 0.410 e. The van der Waals surface area contributed by atoms with Gasteiger partial charge in [-0.05, 0) is 6.92 Å². The number of rotatable bonds is 1. The number of ether oxygens (including phenoxy) is 1. The molecule has 1 rings (SSSR count). The van der Waals surface area contributed by atoms with Gasteiger partial charge >= 0.3 is 6.09 Å². The highest BCUT2D eigenvalue weighted by Gasteiger charge is 2.30. The van der Waals surface area contributed by atoms with Gasteiger partial charge in [0, 0.05) is 7.05 Å². The summed E-state index contributed by atoms with van der Waals surface area (Å²) >= 11 is 3.35. The van der Waals surface area contributed by atoms with Crippen LogP contribution in [0.3, 0.4) is 0 Å². The average molecular weight is 208 g/mol. The van der Waals surface area contributed by atoms with E-state index in [9.17, 15) is 4.79 Å². The second-order valence-electron chi connectivity index (χ2n) is 2.48. The lowest BCUT2D eigenvalue weighted by Crippen LogP contribution is -2.23. The Kier molecular flexibility index (Phi) is 2.18. The van der Waals surface area contributed by atoms with Gasteiger partial charge in [-0.2, -0.15) is 0 Å². The zero-order chi connectivity index (χ0) is 7.72. The third kappa shape index (κ3) is 1.42. The zero-order valence-corrected chi connectivity index (χ0v) is 7.59. The van der Waals surface area contributed by atoms with E-state index in [0.717, 1.165) is 0 Å². The molecule has 1 aliphatic heterocycles. The number of hydrogen-bond donors (Lipinski definition) is 0. The molecule has 0 radical (unpaired) electrons. The third-order valence-electron chi connectivity index (χ3n) is 1.53. The van der Waals surface area contributed by atoms with Gasteiger partial charge in [-0.15, -0.1) is 0 Å². The fourth-order valence-corrected chi connectivity index (χ4v) is 1.12. The van der Waals surface area contributed by atoms with Crippen LogP contribution >= 0.6 is 15.9 Å². The molecule has 0 spiro atoms. The van der Waals surface area contributed by atoms with Gasteiger partial charge in [-0.1, -0.05) is 15.9 Å². The van der Waals surface area contributed by atoms with Crippen LogP contribution in [0.5, 0.6) is 0 Å². The van der Waals surface area contributed by atoms with E-state index in [1.807, 2.05) is 6.92 Å². The number of carbonyl (C=O) groups is 1. The predicted octanol–water partition coefficient (Wildman–Crippen LogP) is 1.22. The van der Waals surface area contributed by atoms with E-state index in [1.54, 1.807) is 11.9 Å². The molecule has 0 aromatic rings. The normalized spacial score (nSPS) is 28.5. The molecule has 0 aromatic heterocycles. The van der Waals surface area contributed by atoms with Gasteiger partial charge in [0.25, 0.3) is 0 Å². The number of likely N-dealkylation sites (N-methyl/N-ethyl adjacent to an activating group) is 1. The molecular weight excluding hydrogens is 198 g/mol. The molecule has 10 heavy (non-hydrogen) atoms.